The highest BCUT2D eigenvalue weighted by molar-refractivity contribution is 8.76. The number of pyridine rings is 1. The molecule has 0 unspecified atom stereocenters. The highest BCUT2D eigenvalue weighted by Gasteiger charge is 2.33. The molecule has 0 bridgehead atoms. The fourth-order valence-electron chi connectivity index (χ4n) is 2.31. The number of hydrogen-bond acceptors (Lipinski definition) is 7. The van der Waals surface area contributed by atoms with Crippen LogP contribution in [-0.4, -0.2) is 27.8 Å². The van der Waals surface area contributed by atoms with Crippen LogP contribution in [-0.2, 0) is 14.4 Å². The molecule has 1 fully saturated rings. The first-order valence-corrected chi connectivity index (χ1v) is 10.1. The van der Waals surface area contributed by atoms with Crippen LogP contribution in [0.3, 0.4) is 0 Å². The highest BCUT2D eigenvalue weighted by atomic mass is 33.1. The number of imide groups is 1. The van der Waals surface area contributed by atoms with Crippen molar-refractivity contribution in [3.05, 3.63) is 53.2 Å². The topological polar surface area (TPSA) is 76.6 Å². The van der Waals surface area contributed by atoms with Crippen LogP contribution in [0.2, 0.25) is 0 Å². The number of rotatable bonds is 5. The smallest absolute Gasteiger partial charge is 0.325 e. The molecular formula is C18H16N2O4S2. The number of aryl methyl sites for hydroxylation is 1. The van der Waals surface area contributed by atoms with E-state index in [0.29, 0.717) is 10.6 Å². The zero-order valence-electron chi connectivity index (χ0n) is 14.2. The molecule has 0 saturated carbocycles. The lowest BCUT2D eigenvalue weighted by atomic mass is 10.1. The van der Waals surface area contributed by atoms with Crippen LogP contribution in [0.5, 0.6) is 0 Å². The second-order valence-electron chi connectivity index (χ2n) is 5.71. The molecule has 6 nitrogen and oxygen atoms in total. The van der Waals surface area contributed by atoms with Crippen molar-refractivity contribution in [2.24, 2.45) is 0 Å². The Bertz CT molecular complexity index is 855. The van der Waals surface area contributed by atoms with Crippen LogP contribution in [0.15, 0.2) is 46.5 Å². The standard InChI is InChI=1S/C18H16N2O4S2/c1-11-9-13(18(23)24-20-16(21)6-7-17(20)22)10-14(12(11)2)25-26-15-5-3-4-8-19-15/h3-5,8-10H,6-7H2,1-2H3. The van der Waals surface area contributed by atoms with E-state index in [2.05, 4.69) is 4.98 Å². The molecule has 1 aliphatic rings. The third kappa shape index (κ3) is 4.08. The molecule has 0 spiro atoms. The first-order valence-electron chi connectivity index (χ1n) is 7.90. The normalized spacial score (nSPS) is 14.0. The number of benzene rings is 1. The van der Waals surface area contributed by atoms with Crippen molar-refractivity contribution in [3.8, 4) is 0 Å². The zero-order chi connectivity index (χ0) is 18.7. The maximum atomic E-state index is 12.4. The van der Waals surface area contributed by atoms with Gasteiger partial charge in [0.1, 0.15) is 5.03 Å². The summed E-state index contributed by atoms with van der Waals surface area (Å²) in [5, 5.41) is 1.42. The maximum Gasteiger partial charge on any atom is 0.363 e. The van der Waals surface area contributed by atoms with Crippen LogP contribution in [0, 0.1) is 13.8 Å². The monoisotopic (exact) mass is 388 g/mol. The van der Waals surface area contributed by atoms with Gasteiger partial charge in [-0.15, -0.1) is 5.06 Å². The summed E-state index contributed by atoms with van der Waals surface area (Å²) in [6.07, 6.45) is 1.86. The summed E-state index contributed by atoms with van der Waals surface area (Å²) in [6, 6.07) is 9.06. The molecule has 2 aromatic rings. The minimum Gasteiger partial charge on any atom is -0.325 e. The number of amides is 2. The van der Waals surface area contributed by atoms with Crippen molar-refractivity contribution in [1.29, 1.82) is 0 Å². The van der Waals surface area contributed by atoms with Gasteiger partial charge in [-0.05, 0) is 60.0 Å². The Morgan fingerprint density at radius 2 is 1.85 bits per heavy atom. The van der Waals surface area contributed by atoms with E-state index >= 15 is 0 Å². The van der Waals surface area contributed by atoms with Gasteiger partial charge in [-0.3, -0.25) is 9.59 Å². The predicted molar refractivity (Wildman–Crippen MR) is 98.4 cm³/mol. The average molecular weight is 388 g/mol. The zero-order valence-corrected chi connectivity index (χ0v) is 15.9. The number of nitrogens with zero attached hydrogens (tertiary/aromatic N) is 2. The molecular weight excluding hydrogens is 372 g/mol. The van der Waals surface area contributed by atoms with Gasteiger partial charge < -0.3 is 4.84 Å². The van der Waals surface area contributed by atoms with Crippen LogP contribution in [0.1, 0.15) is 34.3 Å². The fourth-order valence-corrected chi connectivity index (χ4v) is 4.52. The van der Waals surface area contributed by atoms with Crippen molar-refractivity contribution >= 4 is 39.4 Å². The number of hydrogen-bond donors (Lipinski definition) is 0. The summed E-state index contributed by atoms with van der Waals surface area (Å²) in [4.78, 5) is 45.8. The molecule has 1 saturated heterocycles. The Labute approximate surface area is 158 Å². The van der Waals surface area contributed by atoms with Crippen molar-refractivity contribution < 1.29 is 19.2 Å². The number of carbonyl (C=O) groups is 3. The lowest BCUT2D eigenvalue weighted by Crippen LogP contribution is -2.32. The summed E-state index contributed by atoms with van der Waals surface area (Å²) >= 11 is 0. The second-order valence-corrected chi connectivity index (χ2v) is 7.90. The SMILES string of the molecule is Cc1cc(C(=O)ON2C(=O)CCC2=O)cc(SSc2ccccn2)c1C. The Morgan fingerprint density at radius 1 is 1.12 bits per heavy atom. The molecule has 1 aromatic carbocycles. The van der Waals surface area contributed by atoms with E-state index in [1.807, 2.05) is 32.0 Å². The Balaban J connectivity index is 1.77. The van der Waals surface area contributed by atoms with Crippen LogP contribution < -0.4 is 0 Å². The van der Waals surface area contributed by atoms with E-state index in [4.69, 9.17) is 4.84 Å². The molecule has 26 heavy (non-hydrogen) atoms. The van der Waals surface area contributed by atoms with Gasteiger partial charge in [0.05, 0.1) is 5.56 Å². The second kappa shape index (κ2) is 7.92. The first kappa shape index (κ1) is 18.5. The number of hydroxylamine groups is 2. The van der Waals surface area contributed by atoms with E-state index in [1.54, 1.807) is 18.3 Å². The van der Waals surface area contributed by atoms with Gasteiger partial charge in [-0.1, -0.05) is 16.9 Å². The van der Waals surface area contributed by atoms with Crippen molar-refractivity contribution in [2.75, 3.05) is 0 Å². The summed E-state index contributed by atoms with van der Waals surface area (Å²) in [6.45, 7) is 3.87. The minimum absolute atomic E-state index is 0.0703. The summed E-state index contributed by atoms with van der Waals surface area (Å²) in [5.41, 5.74) is 2.26. The summed E-state index contributed by atoms with van der Waals surface area (Å²) < 4.78 is 0. The minimum atomic E-state index is -0.721. The van der Waals surface area contributed by atoms with E-state index in [1.165, 1.54) is 21.6 Å². The van der Waals surface area contributed by atoms with E-state index in [9.17, 15) is 14.4 Å². The molecule has 0 radical (unpaired) electrons. The molecule has 3 rings (SSSR count). The van der Waals surface area contributed by atoms with Crippen molar-refractivity contribution in [2.45, 2.75) is 36.6 Å². The molecule has 0 atom stereocenters. The molecule has 1 aromatic heterocycles. The molecule has 0 aliphatic carbocycles. The van der Waals surface area contributed by atoms with Gasteiger partial charge in [0.15, 0.2) is 0 Å². The van der Waals surface area contributed by atoms with Gasteiger partial charge in [0.2, 0.25) is 0 Å². The van der Waals surface area contributed by atoms with Crippen molar-refractivity contribution in [1.82, 2.24) is 10.0 Å². The van der Waals surface area contributed by atoms with E-state index in [0.717, 1.165) is 21.0 Å². The first-order chi connectivity index (χ1) is 12.5. The molecule has 8 heteroatoms. The predicted octanol–water partition coefficient (Wildman–Crippen LogP) is 3.72. The Kier molecular flexibility index (Phi) is 5.63. The fraction of sp³-hybridized carbons (Fsp3) is 0.222. The van der Waals surface area contributed by atoms with Gasteiger partial charge in [0, 0.05) is 23.9 Å². The molecule has 1 aliphatic heterocycles. The Morgan fingerprint density at radius 3 is 2.50 bits per heavy atom. The Hall–Kier alpha value is -2.32. The number of aromatic nitrogens is 1. The third-order valence-electron chi connectivity index (χ3n) is 3.89. The molecule has 2 heterocycles. The molecule has 2 amide bonds. The van der Waals surface area contributed by atoms with Gasteiger partial charge in [-0.2, -0.15) is 0 Å². The van der Waals surface area contributed by atoms with E-state index < -0.39 is 17.8 Å². The summed E-state index contributed by atoms with van der Waals surface area (Å²) in [7, 11) is 2.97. The van der Waals surface area contributed by atoms with Crippen LogP contribution >= 0.6 is 21.6 Å². The lowest BCUT2D eigenvalue weighted by Gasteiger charge is -2.14. The highest BCUT2D eigenvalue weighted by Crippen LogP contribution is 2.39. The molecule has 0 N–H and O–H groups in total. The largest absolute Gasteiger partial charge is 0.363 e. The number of carbonyl (C=O) groups excluding carboxylic acids is 3. The molecule has 134 valence electrons. The average Bonchev–Trinajstić information content (AvgIpc) is 2.95. The maximum absolute atomic E-state index is 12.4. The van der Waals surface area contributed by atoms with Gasteiger partial charge in [0.25, 0.3) is 11.8 Å². The quantitative estimate of drug-likeness (QED) is 0.571. The van der Waals surface area contributed by atoms with E-state index in [-0.39, 0.29) is 12.8 Å². The van der Waals surface area contributed by atoms with Crippen LogP contribution in [0.4, 0.5) is 0 Å². The lowest BCUT2D eigenvalue weighted by molar-refractivity contribution is -0.172. The third-order valence-corrected chi connectivity index (χ3v) is 6.29. The van der Waals surface area contributed by atoms with Gasteiger partial charge >= 0.3 is 5.97 Å². The summed E-state index contributed by atoms with van der Waals surface area (Å²) in [5.74, 6) is -1.71. The van der Waals surface area contributed by atoms with Crippen molar-refractivity contribution in [3.63, 3.8) is 0 Å². The van der Waals surface area contributed by atoms with Gasteiger partial charge in [-0.25, -0.2) is 9.78 Å². The van der Waals surface area contributed by atoms with Crippen LogP contribution in [0.25, 0.3) is 0 Å².